The number of phenols is 3. The predicted molar refractivity (Wildman–Crippen MR) is 107 cm³/mol. The van der Waals surface area contributed by atoms with E-state index >= 15 is 0 Å². The molecule has 11 nitrogen and oxygen atoms in total. The van der Waals surface area contributed by atoms with Crippen molar-refractivity contribution in [1.29, 1.82) is 0 Å². The van der Waals surface area contributed by atoms with Crippen molar-refractivity contribution in [3.05, 3.63) is 46.6 Å². The molecule has 0 aliphatic carbocycles. The third kappa shape index (κ3) is 3.83. The maximum atomic E-state index is 12.5. The van der Waals surface area contributed by atoms with E-state index in [9.17, 15) is 40.5 Å². The number of phenolic OH excluding ortho intramolecular Hbond substituents is 3. The SMILES string of the molecule is O=c1cc(-c2ccc(O)c(O)c2)oc2cc(O[C@H]3O[C@@H](CO)[C@H](O)[C@@H](O)[C@@H]3O)cc(O)c12. The minimum Gasteiger partial charge on any atom is -0.507 e. The van der Waals surface area contributed by atoms with Gasteiger partial charge in [0.15, 0.2) is 16.9 Å². The summed E-state index contributed by atoms with van der Waals surface area (Å²) in [7, 11) is 0. The molecule has 1 saturated heterocycles. The van der Waals surface area contributed by atoms with Crippen molar-refractivity contribution in [2.24, 2.45) is 0 Å². The van der Waals surface area contributed by atoms with Gasteiger partial charge in [0.1, 0.15) is 52.6 Å². The molecule has 0 amide bonds. The molecule has 0 bridgehead atoms. The van der Waals surface area contributed by atoms with Crippen LogP contribution in [0.2, 0.25) is 0 Å². The van der Waals surface area contributed by atoms with Crippen molar-refractivity contribution < 1.29 is 49.6 Å². The van der Waals surface area contributed by atoms with Crippen LogP contribution in [0.3, 0.4) is 0 Å². The molecule has 5 atom stereocenters. The van der Waals surface area contributed by atoms with Crippen LogP contribution in [0.1, 0.15) is 0 Å². The second-order valence-electron chi connectivity index (χ2n) is 7.31. The number of hydrogen-bond acceptors (Lipinski definition) is 11. The van der Waals surface area contributed by atoms with Crippen molar-refractivity contribution in [3.8, 4) is 34.3 Å². The zero-order valence-electron chi connectivity index (χ0n) is 16.3. The standard InChI is InChI=1S/C21H20O11/c22-7-16-18(27)19(28)20(29)21(32-16)30-9-4-12(25)17-13(26)6-14(31-15(17)5-9)8-1-2-10(23)11(24)3-8/h1-6,16,18-25,27-29H,7H2/t16-,18-,19+,20-,21-/m0/s1. The minimum absolute atomic E-state index is 0.0298. The van der Waals surface area contributed by atoms with Crippen molar-refractivity contribution in [2.45, 2.75) is 30.7 Å². The van der Waals surface area contributed by atoms with Gasteiger partial charge in [-0.1, -0.05) is 0 Å². The van der Waals surface area contributed by atoms with Gasteiger partial charge in [0, 0.05) is 23.8 Å². The maximum absolute atomic E-state index is 12.5. The lowest BCUT2D eigenvalue weighted by molar-refractivity contribution is -0.277. The molecule has 7 N–H and O–H groups in total. The van der Waals surface area contributed by atoms with Crippen LogP contribution in [0.4, 0.5) is 0 Å². The van der Waals surface area contributed by atoms with Crippen LogP contribution in [0, 0.1) is 0 Å². The molecule has 1 fully saturated rings. The largest absolute Gasteiger partial charge is 0.507 e. The number of hydrogen-bond donors (Lipinski definition) is 7. The van der Waals surface area contributed by atoms with Crippen molar-refractivity contribution in [3.63, 3.8) is 0 Å². The van der Waals surface area contributed by atoms with E-state index in [4.69, 9.17) is 13.9 Å². The fourth-order valence-electron chi connectivity index (χ4n) is 3.43. The smallest absolute Gasteiger partial charge is 0.229 e. The predicted octanol–water partition coefficient (Wildman–Crippen LogP) is -0.245. The number of rotatable bonds is 4. The summed E-state index contributed by atoms with van der Waals surface area (Å²) in [6.45, 7) is -0.647. The Morgan fingerprint density at radius 2 is 1.62 bits per heavy atom. The lowest BCUT2D eigenvalue weighted by atomic mass is 9.99. The lowest BCUT2D eigenvalue weighted by Crippen LogP contribution is -2.60. The molecule has 1 aliphatic heterocycles. The summed E-state index contributed by atoms with van der Waals surface area (Å²) in [5, 5.41) is 68.5. The number of aromatic hydroxyl groups is 3. The second kappa shape index (κ2) is 8.30. The maximum Gasteiger partial charge on any atom is 0.229 e. The third-order valence-electron chi connectivity index (χ3n) is 5.14. The molecule has 0 spiro atoms. The molecule has 2 heterocycles. The number of ether oxygens (including phenoxy) is 2. The van der Waals surface area contributed by atoms with E-state index in [1.54, 1.807) is 0 Å². The van der Waals surface area contributed by atoms with Crippen LogP contribution in [-0.4, -0.2) is 73.1 Å². The van der Waals surface area contributed by atoms with E-state index < -0.39 is 54.2 Å². The number of fused-ring (bicyclic) bond motifs is 1. The lowest BCUT2D eigenvalue weighted by Gasteiger charge is -2.39. The molecule has 2 aromatic carbocycles. The Kier molecular flexibility index (Phi) is 5.67. The first-order valence-corrected chi connectivity index (χ1v) is 9.50. The van der Waals surface area contributed by atoms with Gasteiger partial charge in [0.2, 0.25) is 6.29 Å². The number of aliphatic hydroxyl groups excluding tert-OH is 4. The molecule has 1 aliphatic rings. The summed E-state index contributed by atoms with van der Waals surface area (Å²) in [6, 6.07) is 7.23. The Morgan fingerprint density at radius 1 is 0.875 bits per heavy atom. The molecule has 0 radical (unpaired) electrons. The van der Waals surface area contributed by atoms with E-state index in [2.05, 4.69) is 0 Å². The average Bonchev–Trinajstić information content (AvgIpc) is 2.75. The number of aliphatic hydroxyl groups is 4. The molecule has 1 aromatic heterocycles. The van der Waals surface area contributed by atoms with Gasteiger partial charge in [0.05, 0.1) is 6.61 Å². The van der Waals surface area contributed by atoms with E-state index in [1.165, 1.54) is 24.3 Å². The Hall–Kier alpha value is -3.35. The molecule has 32 heavy (non-hydrogen) atoms. The van der Waals surface area contributed by atoms with E-state index in [1.807, 2.05) is 0 Å². The summed E-state index contributed by atoms with van der Waals surface area (Å²) in [5.74, 6) is -1.34. The van der Waals surface area contributed by atoms with Crippen molar-refractivity contribution in [2.75, 3.05) is 6.61 Å². The van der Waals surface area contributed by atoms with Crippen LogP contribution in [-0.2, 0) is 4.74 Å². The summed E-state index contributed by atoms with van der Waals surface area (Å²) >= 11 is 0. The highest BCUT2D eigenvalue weighted by Crippen LogP contribution is 2.35. The highest BCUT2D eigenvalue weighted by atomic mass is 16.7. The highest BCUT2D eigenvalue weighted by molar-refractivity contribution is 5.86. The summed E-state index contributed by atoms with van der Waals surface area (Å²) in [5.41, 5.74) is -0.413. The summed E-state index contributed by atoms with van der Waals surface area (Å²) in [4.78, 5) is 12.5. The van der Waals surface area contributed by atoms with Gasteiger partial charge in [-0.15, -0.1) is 0 Å². The van der Waals surface area contributed by atoms with Gasteiger partial charge < -0.3 is 49.6 Å². The van der Waals surface area contributed by atoms with Gasteiger partial charge in [-0.3, -0.25) is 4.79 Å². The summed E-state index contributed by atoms with van der Waals surface area (Å²) in [6.07, 6.45) is -7.61. The van der Waals surface area contributed by atoms with Crippen LogP contribution < -0.4 is 10.2 Å². The fraction of sp³-hybridized carbons (Fsp3) is 0.286. The molecule has 0 unspecified atom stereocenters. The topological polar surface area (TPSA) is 190 Å². The van der Waals surface area contributed by atoms with Gasteiger partial charge in [0.25, 0.3) is 0 Å². The third-order valence-corrected chi connectivity index (χ3v) is 5.14. The van der Waals surface area contributed by atoms with Gasteiger partial charge in [-0.05, 0) is 18.2 Å². The molecular formula is C21H20O11. The molecule has 170 valence electrons. The zero-order valence-corrected chi connectivity index (χ0v) is 16.3. The molecular weight excluding hydrogens is 428 g/mol. The molecule has 4 rings (SSSR count). The van der Waals surface area contributed by atoms with Gasteiger partial charge >= 0.3 is 0 Å². The van der Waals surface area contributed by atoms with Crippen molar-refractivity contribution in [1.82, 2.24) is 0 Å². The molecule has 0 saturated carbocycles. The molecule has 11 heteroatoms. The Labute approximate surface area is 179 Å². The number of benzene rings is 2. The van der Waals surface area contributed by atoms with Gasteiger partial charge in [-0.2, -0.15) is 0 Å². The first-order valence-electron chi connectivity index (χ1n) is 9.50. The zero-order chi connectivity index (χ0) is 23.2. The monoisotopic (exact) mass is 448 g/mol. The van der Waals surface area contributed by atoms with E-state index in [0.29, 0.717) is 0 Å². The minimum atomic E-state index is -1.68. The molecule has 3 aromatic rings. The average molecular weight is 448 g/mol. The Morgan fingerprint density at radius 3 is 2.31 bits per heavy atom. The van der Waals surface area contributed by atoms with Crippen LogP contribution in [0.25, 0.3) is 22.3 Å². The van der Waals surface area contributed by atoms with E-state index in [0.717, 1.165) is 12.1 Å². The first-order chi connectivity index (χ1) is 15.2. The Bertz CT molecular complexity index is 1200. The first kappa shape index (κ1) is 21.9. The second-order valence-corrected chi connectivity index (χ2v) is 7.31. The Balaban J connectivity index is 1.72. The summed E-state index contributed by atoms with van der Waals surface area (Å²) < 4.78 is 16.4. The van der Waals surface area contributed by atoms with Crippen LogP contribution in [0.15, 0.2) is 45.6 Å². The fourth-order valence-corrected chi connectivity index (χ4v) is 3.43. The van der Waals surface area contributed by atoms with Crippen LogP contribution in [0.5, 0.6) is 23.0 Å². The quantitative estimate of drug-likeness (QED) is 0.261. The highest BCUT2D eigenvalue weighted by Gasteiger charge is 2.44. The van der Waals surface area contributed by atoms with E-state index in [-0.39, 0.29) is 33.8 Å². The normalized spacial score (nSPS) is 25.7. The van der Waals surface area contributed by atoms with Crippen LogP contribution >= 0.6 is 0 Å². The van der Waals surface area contributed by atoms with Crippen molar-refractivity contribution >= 4 is 11.0 Å². The van der Waals surface area contributed by atoms with Gasteiger partial charge in [-0.25, -0.2) is 0 Å².